The van der Waals surface area contributed by atoms with Crippen LogP contribution in [-0.4, -0.2) is 55.6 Å². The summed E-state index contributed by atoms with van der Waals surface area (Å²) in [7, 11) is -1.45. The number of halogens is 5. The van der Waals surface area contributed by atoms with E-state index in [1.54, 1.807) is 18.7 Å². The number of ether oxygens (including phenoxy) is 1. The van der Waals surface area contributed by atoms with E-state index in [0.717, 1.165) is 4.57 Å². The Morgan fingerprint density at radius 1 is 1.17 bits per heavy atom. The lowest BCUT2D eigenvalue weighted by Gasteiger charge is -2.32. The fourth-order valence-electron chi connectivity index (χ4n) is 5.04. The summed E-state index contributed by atoms with van der Waals surface area (Å²) in [5.74, 6) is -0.626. The van der Waals surface area contributed by atoms with E-state index in [4.69, 9.17) is 27.9 Å². The number of fused-ring (bicyclic) bond motifs is 1. The number of aromatic nitrogens is 2. The molecule has 0 amide bonds. The third kappa shape index (κ3) is 7.08. The average Bonchev–Trinajstić information content (AvgIpc) is 2.92. The molecule has 4 rings (SSSR count). The molecule has 15 heteroatoms. The van der Waals surface area contributed by atoms with E-state index in [0.29, 0.717) is 35.9 Å². The Morgan fingerprint density at radius 2 is 1.88 bits per heavy atom. The molecule has 1 aromatic heterocycles. The number of esters is 1. The minimum atomic E-state index is -4.87. The van der Waals surface area contributed by atoms with E-state index in [1.807, 2.05) is 0 Å². The molecule has 0 spiro atoms. The first-order valence-corrected chi connectivity index (χ1v) is 15.0. The summed E-state index contributed by atoms with van der Waals surface area (Å²) >= 11 is 12.6. The van der Waals surface area contributed by atoms with Gasteiger partial charge in [0.2, 0.25) is 0 Å². The van der Waals surface area contributed by atoms with E-state index >= 15 is 0 Å². The maximum Gasteiger partial charge on any atom is 0.416 e. The van der Waals surface area contributed by atoms with Crippen LogP contribution in [0.15, 0.2) is 38.8 Å². The van der Waals surface area contributed by atoms with Crippen LogP contribution in [-0.2, 0) is 39.6 Å². The van der Waals surface area contributed by atoms with Gasteiger partial charge in [-0.25, -0.2) is 4.79 Å². The van der Waals surface area contributed by atoms with Gasteiger partial charge in [-0.15, -0.1) is 0 Å². The molecule has 9 nitrogen and oxygen atoms in total. The SMILES string of the molecule is CCOC(=O)[C@@H]1CCCN(Cc2c(C(F)(F)F)cc3c(=O)n(Cc4cc(Cl)ccc4S(=O)CC)c(=O)[nH]c3c2Cl)C1.O. The lowest BCUT2D eigenvalue weighted by atomic mass is 9.96. The van der Waals surface area contributed by atoms with Gasteiger partial charge in [0.25, 0.3) is 5.56 Å². The van der Waals surface area contributed by atoms with Crippen molar-refractivity contribution >= 4 is 50.9 Å². The number of carbonyl (C=O) groups excluding carboxylic acids is 1. The lowest BCUT2D eigenvalue weighted by Crippen LogP contribution is -2.39. The first-order chi connectivity index (χ1) is 19.3. The highest BCUT2D eigenvalue weighted by Gasteiger charge is 2.37. The molecule has 1 aliphatic rings. The second kappa shape index (κ2) is 13.7. The summed E-state index contributed by atoms with van der Waals surface area (Å²) in [6.07, 6.45) is -3.74. The zero-order valence-electron chi connectivity index (χ0n) is 22.8. The molecule has 42 heavy (non-hydrogen) atoms. The normalized spacial score (nSPS) is 16.7. The topological polar surface area (TPSA) is 133 Å². The Morgan fingerprint density at radius 3 is 2.52 bits per heavy atom. The van der Waals surface area contributed by atoms with E-state index in [9.17, 15) is 31.8 Å². The summed E-state index contributed by atoms with van der Waals surface area (Å²) in [4.78, 5) is 43.3. The molecule has 1 fully saturated rings. The standard InChI is InChI=1S/C27H28Cl2F3N3O5S.H2O/c1-3-40-25(37)15-6-5-9-34(12-15)14-19-20(27(30,31)32)11-18-23(22(19)29)33-26(38)35(24(18)36)13-16-10-17(28)7-8-21(16)41(39)4-2;/h7-8,10-11,15H,3-6,9,12-14H2,1-2H3,(H,33,38);1H2/t15-,41?;/m1./s1. The number of H-pyrrole nitrogens is 1. The number of piperidine rings is 1. The fourth-order valence-corrected chi connectivity index (χ4v) is 6.49. The summed E-state index contributed by atoms with van der Waals surface area (Å²) in [5.41, 5.74) is -3.20. The van der Waals surface area contributed by atoms with Gasteiger partial charge in [-0.1, -0.05) is 30.1 Å². The molecule has 230 valence electrons. The van der Waals surface area contributed by atoms with Crippen LogP contribution in [0.1, 0.15) is 43.4 Å². The number of nitrogens with zero attached hydrogens (tertiary/aromatic N) is 2. The van der Waals surface area contributed by atoms with E-state index in [1.165, 1.54) is 18.2 Å². The van der Waals surface area contributed by atoms with E-state index in [-0.39, 0.29) is 53.6 Å². The maximum absolute atomic E-state index is 14.3. The summed E-state index contributed by atoms with van der Waals surface area (Å²) in [6.45, 7) is 3.57. The molecule has 0 bridgehead atoms. The van der Waals surface area contributed by atoms with Crippen LogP contribution in [0, 0.1) is 5.92 Å². The molecule has 2 atom stereocenters. The Kier molecular flexibility index (Phi) is 11.0. The number of rotatable bonds is 8. The van der Waals surface area contributed by atoms with Crippen molar-refractivity contribution in [2.24, 2.45) is 5.92 Å². The van der Waals surface area contributed by atoms with Crippen molar-refractivity contribution in [3.05, 3.63) is 71.8 Å². The van der Waals surface area contributed by atoms with Crippen molar-refractivity contribution < 1.29 is 32.4 Å². The average molecular weight is 653 g/mol. The summed E-state index contributed by atoms with van der Waals surface area (Å²) in [5, 5.41) is -0.545. The van der Waals surface area contributed by atoms with Crippen molar-refractivity contribution in [1.82, 2.24) is 14.5 Å². The Labute approximate surface area is 251 Å². The van der Waals surface area contributed by atoms with Crippen LogP contribution >= 0.6 is 23.2 Å². The molecule has 0 aliphatic carbocycles. The minimum Gasteiger partial charge on any atom is -0.466 e. The molecule has 1 aliphatic heterocycles. The van der Waals surface area contributed by atoms with Gasteiger partial charge in [0.15, 0.2) is 0 Å². The van der Waals surface area contributed by atoms with Gasteiger partial charge in [-0.2, -0.15) is 13.2 Å². The van der Waals surface area contributed by atoms with Crippen LogP contribution < -0.4 is 11.2 Å². The minimum absolute atomic E-state index is 0. The van der Waals surface area contributed by atoms with Crippen LogP contribution in [0.25, 0.3) is 10.9 Å². The van der Waals surface area contributed by atoms with Gasteiger partial charge in [-0.05, 0) is 61.7 Å². The zero-order valence-corrected chi connectivity index (χ0v) is 25.1. The first-order valence-electron chi connectivity index (χ1n) is 13.0. The molecule has 1 unspecified atom stereocenters. The Balaban J connectivity index is 0.00000484. The van der Waals surface area contributed by atoms with Gasteiger partial charge >= 0.3 is 17.8 Å². The van der Waals surface area contributed by atoms with Gasteiger partial charge in [0.05, 0.1) is 51.4 Å². The Bertz CT molecular complexity index is 1630. The molecule has 1 saturated heterocycles. The van der Waals surface area contributed by atoms with Crippen LogP contribution in [0.2, 0.25) is 10.0 Å². The molecule has 2 heterocycles. The smallest absolute Gasteiger partial charge is 0.416 e. The number of aromatic amines is 1. The zero-order chi connectivity index (χ0) is 30.1. The van der Waals surface area contributed by atoms with Crippen LogP contribution in [0.5, 0.6) is 0 Å². The highest BCUT2D eigenvalue weighted by molar-refractivity contribution is 7.85. The largest absolute Gasteiger partial charge is 0.466 e. The second-order valence-electron chi connectivity index (χ2n) is 9.67. The monoisotopic (exact) mass is 651 g/mol. The third-order valence-electron chi connectivity index (χ3n) is 6.99. The number of alkyl halides is 3. The fraction of sp³-hybridized carbons (Fsp3) is 0.444. The number of carbonyl (C=O) groups is 1. The second-order valence-corrected chi connectivity index (χ2v) is 12.2. The van der Waals surface area contributed by atoms with Crippen molar-refractivity contribution in [1.29, 1.82) is 0 Å². The third-order valence-corrected chi connectivity index (χ3v) is 9.06. The summed E-state index contributed by atoms with van der Waals surface area (Å²) < 4.78 is 61.3. The number of benzene rings is 2. The van der Waals surface area contributed by atoms with Gasteiger partial charge in [-0.3, -0.25) is 23.3 Å². The van der Waals surface area contributed by atoms with E-state index < -0.39 is 56.1 Å². The molecule has 2 aromatic carbocycles. The predicted molar refractivity (Wildman–Crippen MR) is 155 cm³/mol. The molecule has 3 aromatic rings. The molecule has 0 radical (unpaired) electrons. The van der Waals surface area contributed by atoms with Crippen LogP contribution in [0.4, 0.5) is 13.2 Å². The lowest BCUT2D eigenvalue weighted by molar-refractivity contribution is -0.150. The first kappa shape index (κ1) is 33.8. The number of nitrogens with one attached hydrogen (secondary N) is 1. The van der Waals surface area contributed by atoms with Gasteiger partial charge < -0.3 is 15.2 Å². The van der Waals surface area contributed by atoms with Gasteiger partial charge in [0, 0.05) is 28.8 Å². The Hall–Kier alpha value is -2.71. The predicted octanol–water partition coefficient (Wildman–Crippen LogP) is 4.14. The van der Waals surface area contributed by atoms with Crippen molar-refractivity contribution in [3.63, 3.8) is 0 Å². The summed E-state index contributed by atoms with van der Waals surface area (Å²) in [6, 6.07) is 5.20. The molecule has 0 saturated carbocycles. The van der Waals surface area contributed by atoms with Crippen molar-refractivity contribution in [3.8, 4) is 0 Å². The van der Waals surface area contributed by atoms with Gasteiger partial charge in [0.1, 0.15) is 0 Å². The highest BCUT2D eigenvalue weighted by Crippen LogP contribution is 2.39. The van der Waals surface area contributed by atoms with Crippen LogP contribution in [0.3, 0.4) is 0 Å². The number of hydrogen-bond acceptors (Lipinski definition) is 6. The van der Waals surface area contributed by atoms with Crippen molar-refractivity contribution in [2.45, 2.75) is 50.9 Å². The number of likely N-dealkylation sites (tertiary alicyclic amines) is 1. The molecular formula is C27H30Cl2F3N3O6S. The maximum atomic E-state index is 14.3. The highest BCUT2D eigenvalue weighted by atomic mass is 35.5. The molecular weight excluding hydrogens is 622 g/mol. The van der Waals surface area contributed by atoms with Crippen molar-refractivity contribution in [2.75, 3.05) is 25.4 Å². The van der Waals surface area contributed by atoms with E-state index in [2.05, 4.69) is 4.98 Å². The quantitative estimate of drug-likeness (QED) is 0.364. The molecule has 3 N–H and O–H groups in total. The number of hydrogen-bond donors (Lipinski definition) is 1.